The highest BCUT2D eigenvalue weighted by Crippen LogP contribution is 2.08. The summed E-state index contributed by atoms with van der Waals surface area (Å²) in [4.78, 5) is 23.2. The molecule has 0 spiro atoms. The van der Waals surface area contributed by atoms with Crippen molar-refractivity contribution in [3.05, 3.63) is 66.0 Å². The van der Waals surface area contributed by atoms with E-state index in [0.29, 0.717) is 12.3 Å². The summed E-state index contributed by atoms with van der Waals surface area (Å²) in [5.74, 6) is -1.27. The van der Waals surface area contributed by atoms with Crippen LogP contribution in [0.4, 0.5) is 10.1 Å². The molecule has 6 heteroatoms. The van der Waals surface area contributed by atoms with E-state index in [9.17, 15) is 14.0 Å². The summed E-state index contributed by atoms with van der Waals surface area (Å²) in [6, 6.07) is 15.0. The van der Waals surface area contributed by atoms with Gasteiger partial charge in [-0.25, -0.2) is 4.39 Å². The number of ether oxygens (including phenoxy) is 1. The Labute approximate surface area is 133 Å². The van der Waals surface area contributed by atoms with Crippen LogP contribution in [0.25, 0.3) is 0 Å². The van der Waals surface area contributed by atoms with E-state index < -0.39 is 17.6 Å². The first-order chi connectivity index (χ1) is 11.1. The largest absolute Gasteiger partial charge is 0.367 e. The van der Waals surface area contributed by atoms with Crippen LogP contribution in [0.3, 0.4) is 0 Å². The van der Waals surface area contributed by atoms with E-state index >= 15 is 0 Å². The second kappa shape index (κ2) is 8.65. The number of carbonyl (C=O) groups is 2. The number of hydrogen-bond donors (Lipinski definition) is 2. The number of benzene rings is 2. The topological polar surface area (TPSA) is 67.4 Å². The van der Waals surface area contributed by atoms with E-state index in [1.54, 1.807) is 6.07 Å². The minimum Gasteiger partial charge on any atom is -0.367 e. The zero-order valence-corrected chi connectivity index (χ0v) is 12.4. The van der Waals surface area contributed by atoms with Crippen LogP contribution in [0.15, 0.2) is 54.6 Å². The molecule has 0 aliphatic rings. The van der Waals surface area contributed by atoms with E-state index in [-0.39, 0.29) is 13.2 Å². The van der Waals surface area contributed by atoms with Gasteiger partial charge >= 0.3 is 0 Å². The van der Waals surface area contributed by atoms with Crippen molar-refractivity contribution in [2.45, 2.75) is 6.61 Å². The van der Waals surface area contributed by atoms with Crippen molar-refractivity contribution < 1.29 is 18.7 Å². The van der Waals surface area contributed by atoms with Crippen molar-refractivity contribution in [2.24, 2.45) is 0 Å². The van der Waals surface area contributed by atoms with Gasteiger partial charge in [0.15, 0.2) is 0 Å². The van der Waals surface area contributed by atoms with E-state index in [1.165, 1.54) is 18.2 Å². The van der Waals surface area contributed by atoms with Gasteiger partial charge in [0, 0.05) is 5.69 Å². The lowest BCUT2D eigenvalue weighted by atomic mass is 10.2. The molecule has 2 N–H and O–H groups in total. The Morgan fingerprint density at radius 3 is 2.52 bits per heavy atom. The lowest BCUT2D eigenvalue weighted by Crippen LogP contribution is -2.35. The molecule has 0 aromatic heterocycles. The highest BCUT2D eigenvalue weighted by molar-refractivity contribution is 5.94. The van der Waals surface area contributed by atoms with Crippen LogP contribution in [0, 0.1) is 5.82 Å². The summed E-state index contributed by atoms with van der Waals surface area (Å²) < 4.78 is 18.2. The monoisotopic (exact) mass is 316 g/mol. The van der Waals surface area contributed by atoms with Crippen molar-refractivity contribution in [3.8, 4) is 0 Å². The molecule has 0 unspecified atom stereocenters. The molecule has 0 saturated carbocycles. The molecule has 0 radical (unpaired) electrons. The number of hydrogen-bond acceptors (Lipinski definition) is 3. The fourth-order valence-corrected chi connectivity index (χ4v) is 1.84. The van der Waals surface area contributed by atoms with Gasteiger partial charge in [-0.1, -0.05) is 36.4 Å². The molecule has 23 heavy (non-hydrogen) atoms. The second-order valence-corrected chi connectivity index (χ2v) is 4.81. The van der Waals surface area contributed by atoms with Crippen molar-refractivity contribution in [1.29, 1.82) is 0 Å². The first kappa shape index (κ1) is 16.6. The van der Waals surface area contributed by atoms with E-state index in [0.717, 1.165) is 5.56 Å². The molecule has 2 amide bonds. The molecule has 120 valence electrons. The van der Waals surface area contributed by atoms with Gasteiger partial charge in [-0.05, 0) is 23.8 Å². The second-order valence-electron chi connectivity index (χ2n) is 4.81. The third-order valence-electron chi connectivity index (χ3n) is 2.90. The highest BCUT2D eigenvalue weighted by Gasteiger charge is 2.06. The third kappa shape index (κ3) is 6.27. The molecular weight excluding hydrogens is 299 g/mol. The summed E-state index contributed by atoms with van der Waals surface area (Å²) in [7, 11) is 0. The quantitative estimate of drug-likeness (QED) is 0.822. The maximum atomic E-state index is 13.0. The number of carbonyl (C=O) groups excluding carboxylic acids is 2. The summed E-state index contributed by atoms with van der Waals surface area (Å²) in [6.07, 6.45) is 0. The van der Waals surface area contributed by atoms with Crippen molar-refractivity contribution in [3.63, 3.8) is 0 Å². The SMILES string of the molecule is O=C(COCc1ccccc1)NCC(=O)Nc1cccc(F)c1. The van der Waals surface area contributed by atoms with Crippen LogP contribution in [0.5, 0.6) is 0 Å². The Hall–Kier alpha value is -2.73. The molecule has 0 atom stereocenters. The number of rotatable bonds is 7. The van der Waals surface area contributed by atoms with Gasteiger partial charge in [-0.3, -0.25) is 9.59 Å². The zero-order valence-electron chi connectivity index (χ0n) is 12.4. The van der Waals surface area contributed by atoms with Gasteiger partial charge in [0.25, 0.3) is 0 Å². The van der Waals surface area contributed by atoms with Crippen LogP contribution in [0.2, 0.25) is 0 Å². The number of nitrogens with one attached hydrogen (secondary N) is 2. The lowest BCUT2D eigenvalue weighted by molar-refractivity contribution is -0.128. The molecule has 0 fully saturated rings. The molecule has 2 aromatic carbocycles. The number of amides is 2. The molecular formula is C17H17FN2O3. The van der Waals surface area contributed by atoms with E-state index in [1.807, 2.05) is 30.3 Å². The van der Waals surface area contributed by atoms with Gasteiger partial charge in [0.1, 0.15) is 12.4 Å². The molecule has 2 aromatic rings. The van der Waals surface area contributed by atoms with Gasteiger partial charge in [0.05, 0.1) is 13.2 Å². The van der Waals surface area contributed by atoms with Gasteiger partial charge in [0.2, 0.25) is 11.8 Å². The average Bonchev–Trinajstić information content (AvgIpc) is 2.54. The molecule has 0 saturated heterocycles. The normalized spacial score (nSPS) is 10.1. The lowest BCUT2D eigenvalue weighted by Gasteiger charge is -2.07. The number of halogens is 1. The Bertz CT molecular complexity index is 662. The van der Waals surface area contributed by atoms with E-state index in [2.05, 4.69) is 10.6 Å². The summed E-state index contributed by atoms with van der Waals surface area (Å²) in [5.41, 5.74) is 1.30. The van der Waals surface area contributed by atoms with Gasteiger partial charge in [-0.15, -0.1) is 0 Å². The molecule has 0 heterocycles. The first-order valence-corrected chi connectivity index (χ1v) is 7.07. The Kier molecular flexibility index (Phi) is 6.26. The molecule has 0 bridgehead atoms. The van der Waals surface area contributed by atoms with Crippen molar-refractivity contribution in [2.75, 3.05) is 18.5 Å². The summed E-state index contributed by atoms with van der Waals surface area (Å²) >= 11 is 0. The van der Waals surface area contributed by atoms with Crippen LogP contribution >= 0.6 is 0 Å². The third-order valence-corrected chi connectivity index (χ3v) is 2.90. The van der Waals surface area contributed by atoms with Crippen LogP contribution in [0.1, 0.15) is 5.56 Å². The van der Waals surface area contributed by atoms with Gasteiger partial charge < -0.3 is 15.4 Å². The highest BCUT2D eigenvalue weighted by atomic mass is 19.1. The summed E-state index contributed by atoms with van der Waals surface area (Å²) in [5, 5.41) is 4.92. The molecule has 5 nitrogen and oxygen atoms in total. The maximum absolute atomic E-state index is 13.0. The Morgan fingerprint density at radius 2 is 1.78 bits per heavy atom. The van der Waals surface area contributed by atoms with Crippen LogP contribution in [-0.4, -0.2) is 25.0 Å². The minimum absolute atomic E-state index is 0.137. The molecule has 0 aliphatic heterocycles. The van der Waals surface area contributed by atoms with Crippen molar-refractivity contribution in [1.82, 2.24) is 5.32 Å². The smallest absolute Gasteiger partial charge is 0.246 e. The maximum Gasteiger partial charge on any atom is 0.246 e. The predicted octanol–water partition coefficient (Wildman–Crippen LogP) is 2.10. The Morgan fingerprint density at radius 1 is 1.00 bits per heavy atom. The number of anilines is 1. The fraction of sp³-hybridized carbons (Fsp3) is 0.176. The van der Waals surface area contributed by atoms with Crippen molar-refractivity contribution >= 4 is 17.5 Å². The molecule has 2 rings (SSSR count). The summed E-state index contributed by atoms with van der Waals surface area (Å²) in [6.45, 7) is -0.0179. The Balaban J connectivity index is 1.65. The standard InChI is InChI=1S/C17H17FN2O3/c18-14-7-4-8-15(9-14)20-16(21)10-19-17(22)12-23-11-13-5-2-1-3-6-13/h1-9H,10-12H2,(H,19,22)(H,20,21). The van der Waals surface area contributed by atoms with Crippen LogP contribution < -0.4 is 10.6 Å². The predicted molar refractivity (Wildman–Crippen MR) is 84.1 cm³/mol. The van der Waals surface area contributed by atoms with E-state index in [4.69, 9.17) is 4.74 Å². The zero-order chi connectivity index (χ0) is 16.5. The average molecular weight is 316 g/mol. The fourth-order valence-electron chi connectivity index (χ4n) is 1.84. The minimum atomic E-state index is -0.443. The molecule has 0 aliphatic carbocycles. The van der Waals surface area contributed by atoms with Gasteiger partial charge in [-0.2, -0.15) is 0 Å². The first-order valence-electron chi connectivity index (χ1n) is 7.07. The van der Waals surface area contributed by atoms with Crippen LogP contribution in [-0.2, 0) is 20.9 Å².